The Morgan fingerprint density at radius 2 is 2.32 bits per heavy atom. The summed E-state index contributed by atoms with van der Waals surface area (Å²) in [6.45, 7) is 3.59. The fourth-order valence-corrected chi connectivity index (χ4v) is 2.08. The van der Waals surface area contributed by atoms with Crippen molar-refractivity contribution >= 4 is 24.0 Å². The Morgan fingerprint density at radius 1 is 1.58 bits per heavy atom. The largest absolute Gasteiger partial charge is 0.326 e. The molecule has 0 aliphatic carbocycles. The van der Waals surface area contributed by atoms with Crippen LogP contribution in [0.2, 0.25) is 0 Å². The van der Waals surface area contributed by atoms with Gasteiger partial charge in [0.2, 0.25) is 5.91 Å². The third kappa shape index (κ3) is 4.45. The second-order valence-corrected chi connectivity index (χ2v) is 4.80. The van der Waals surface area contributed by atoms with Crippen molar-refractivity contribution in [3.8, 4) is 0 Å². The number of likely N-dealkylation sites (tertiary alicyclic amines) is 1. The summed E-state index contributed by atoms with van der Waals surface area (Å²) in [5.74, 6) is -0.441. The molecule has 0 aromatic heterocycles. The topological polar surface area (TPSA) is 58.4 Å². The van der Waals surface area contributed by atoms with E-state index < -0.39 is 0 Å². The van der Waals surface area contributed by atoms with Crippen molar-refractivity contribution in [2.45, 2.75) is 19.4 Å². The Balaban J connectivity index is 0.00000180. The third-order valence-corrected chi connectivity index (χ3v) is 3.13. The van der Waals surface area contributed by atoms with Gasteiger partial charge in [-0.3, -0.25) is 9.69 Å². The molecule has 0 saturated carbocycles. The molecule has 1 saturated heterocycles. The Hall–Kier alpha value is -1.17. The second kappa shape index (κ2) is 6.84. The number of nitrogens with two attached hydrogens (primary N) is 1. The van der Waals surface area contributed by atoms with Gasteiger partial charge in [0.05, 0.1) is 6.54 Å². The average Bonchev–Trinajstić information content (AvgIpc) is 2.69. The van der Waals surface area contributed by atoms with Gasteiger partial charge in [-0.15, -0.1) is 12.4 Å². The molecule has 4 nitrogen and oxygen atoms in total. The molecule has 0 bridgehead atoms. The van der Waals surface area contributed by atoms with Gasteiger partial charge in [0.25, 0.3) is 0 Å². The quantitative estimate of drug-likeness (QED) is 0.886. The van der Waals surface area contributed by atoms with E-state index in [-0.39, 0.29) is 30.2 Å². The fraction of sp³-hybridized carbons (Fsp3) is 0.462. The van der Waals surface area contributed by atoms with E-state index in [2.05, 4.69) is 5.32 Å². The number of benzene rings is 1. The molecule has 2 rings (SSSR count). The van der Waals surface area contributed by atoms with Crippen molar-refractivity contribution in [3.05, 3.63) is 29.6 Å². The van der Waals surface area contributed by atoms with Crippen LogP contribution in [0, 0.1) is 12.7 Å². The summed E-state index contributed by atoms with van der Waals surface area (Å²) in [6, 6.07) is 4.85. The van der Waals surface area contributed by atoms with Crippen molar-refractivity contribution in [2.75, 3.05) is 25.0 Å². The van der Waals surface area contributed by atoms with E-state index in [1.165, 1.54) is 6.07 Å². The van der Waals surface area contributed by atoms with Crippen LogP contribution in [0.4, 0.5) is 10.1 Å². The predicted molar refractivity (Wildman–Crippen MR) is 76.0 cm³/mol. The maximum Gasteiger partial charge on any atom is 0.238 e. The number of hydrogen-bond donors (Lipinski definition) is 2. The second-order valence-electron chi connectivity index (χ2n) is 4.80. The van der Waals surface area contributed by atoms with Crippen LogP contribution in [0.3, 0.4) is 0 Å². The van der Waals surface area contributed by atoms with Crippen molar-refractivity contribution in [1.29, 1.82) is 0 Å². The maximum absolute atomic E-state index is 13.3. The molecule has 19 heavy (non-hydrogen) atoms. The number of aryl methyl sites for hydroxylation is 1. The number of hydrogen-bond acceptors (Lipinski definition) is 3. The molecule has 0 radical (unpaired) electrons. The predicted octanol–water partition coefficient (Wildman–Crippen LogP) is 1.53. The fourth-order valence-electron chi connectivity index (χ4n) is 2.08. The van der Waals surface area contributed by atoms with Gasteiger partial charge >= 0.3 is 0 Å². The first-order valence-electron chi connectivity index (χ1n) is 6.08. The zero-order valence-electron chi connectivity index (χ0n) is 10.9. The lowest BCUT2D eigenvalue weighted by Gasteiger charge is -2.14. The first kappa shape index (κ1) is 15.9. The SMILES string of the molecule is Cc1ccc(NC(=O)CN2CCC(N)C2)cc1F.Cl. The van der Waals surface area contributed by atoms with Gasteiger partial charge in [-0.2, -0.15) is 0 Å². The van der Waals surface area contributed by atoms with Crippen LogP contribution >= 0.6 is 12.4 Å². The highest BCUT2D eigenvalue weighted by Gasteiger charge is 2.20. The molecule has 0 spiro atoms. The van der Waals surface area contributed by atoms with Gasteiger partial charge in [-0.25, -0.2) is 4.39 Å². The number of amides is 1. The zero-order valence-corrected chi connectivity index (χ0v) is 11.7. The van der Waals surface area contributed by atoms with E-state index in [1.807, 2.05) is 4.90 Å². The summed E-state index contributed by atoms with van der Waals surface area (Å²) in [5, 5.41) is 2.69. The lowest BCUT2D eigenvalue weighted by molar-refractivity contribution is -0.117. The van der Waals surface area contributed by atoms with Crippen molar-refractivity contribution in [2.24, 2.45) is 5.73 Å². The first-order chi connectivity index (χ1) is 8.54. The van der Waals surface area contributed by atoms with Crippen LogP contribution in [0.1, 0.15) is 12.0 Å². The molecule has 1 aromatic carbocycles. The van der Waals surface area contributed by atoms with Gasteiger partial charge in [0.15, 0.2) is 0 Å². The monoisotopic (exact) mass is 287 g/mol. The van der Waals surface area contributed by atoms with Crippen LogP contribution in [-0.4, -0.2) is 36.5 Å². The van der Waals surface area contributed by atoms with Crippen molar-refractivity contribution < 1.29 is 9.18 Å². The molecule has 1 unspecified atom stereocenters. The Bertz CT molecular complexity index is 456. The molecule has 1 aliphatic heterocycles. The highest BCUT2D eigenvalue weighted by Crippen LogP contribution is 2.14. The van der Waals surface area contributed by atoms with Crippen LogP contribution < -0.4 is 11.1 Å². The van der Waals surface area contributed by atoms with Gasteiger partial charge in [-0.1, -0.05) is 6.07 Å². The van der Waals surface area contributed by atoms with Gasteiger partial charge in [0.1, 0.15) is 5.82 Å². The van der Waals surface area contributed by atoms with E-state index in [9.17, 15) is 9.18 Å². The minimum absolute atomic E-state index is 0. The molecular formula is C13H19ClFN3O. The summed E-state index contributed by atoms with van der Waals surface area (Å²) in [6.07, 6.45) is 0.923. The normalized spacial score (nSPS) is 19.0. The van der Waals surface area contributed by atoms with Gasteiger partial charge in [0, 0.05) is 24.8 Å². The zero-order chi connectivity index (χ0) is 13.1. The summed E-state index contributed by atoms with van der Waals surface area (Å²) in [7, 11) is 0. The summed E-state index contributed by atoms with van der Waals surface area (Å²) in [5.41, 5.74) is 6.83. The number of nitrogens with one attached hydrogen (secondary N) is 1. The van der Waals surface area contributed by atoms with Crippen molar-refractivity contribution in [3.63, 3.8) is 0 Å². The lowest BCUT2D eigenvalue weighted by atomic mass is 10.2. The van der Waals surface area contributed by atoms with Crippen LogP contribution in [0.25, 0.3) is 0 Å². The Kier molecular flexibility index (Phi) is 5.72. The molecule has 6 heteroatoms. The number of carbonyl (C=O) groups excluding carboxylic acids is 1. The van der Waals surface area contributed by atoms with Gasteiger partial charge < -0.3 is 11.1 Å². The van der Waals surface area contributed by atoms with Gasteiger partial charge in [-0.05, 0) is 31.0 Å². The average molecular weight is 288 g/mol. The highest BCUT2D eigenvalue weighted by atomic mass is 35.5. The smallest absolute Gasteiger partial charge is 0.238 e. The summed E-state index contributed by atoms with van der Waals surface area (Å²) in [4.78, 5) is 13.8. The third-order valence-electron chi connectivity index (χ3n) is 3.13. The number of halogens is 2. The van der Waals surface area contributed by atoms with E-state index in [1.54, 1.807) is 19.1 Å². The molecule has 1 fully saturated rings. The molecular weight excluding hydrogens is 269 g/mol. The molecule has 1 atom stereocenters. The molecule has 106 valence electrons. The number of anilines is 1. The first-order valence-corrected chi connectivity index (χ1v) is 6.08. The lowest BCUT2D eigenvalue weighted by Crippen LogP contribution is -2.33. The highest BCUT2D eigenvalue weighted by molar-refractivity contribution is 5.92. The molecule has 1 amide bonds. The van der Waals surface area contributed by atoms with E-state index in [0.717, 1.165) is 19.5 Å². The maximum atomic E-state index is 13.3. The van der Waals surface area contributed by atoms with Crippen LogP contribution in [0.5, 0.6) is 0 Å². The molecule has 1 aliphatic rings. The Morgan fingerprint density at radius 3 is 2.89 bits per heavy atom. The van der Waals surface area contributed by atoms with E-state index >= 15 is 0 Å². The minimum Gasteiger partial charge on any atom is -0.326 e. The Labute approximate surface area is 118 Å². The molecule has 1 aromatic rings. The molecule has 1 heterocycles. The number of carbonyl (C=O) groups is 1. The number of nitrogens with zero attached hydrogens (tertiary/aromatic N) is 1. The minimum atomic E-state index is -0.309. The number of rotatable bonds is 3. The van der Waals surface area contributed by atoms with Crippen LogP contribution in [-0.2, 0) is 4.79 Å². The summed E-state index contributed by atoms with van der Waals surface area (Å²) < 4.78 is 13.3. The van der Waals surface area contributed by atoms with E-state index in [0.29, 0.717) is 17.8 Å². The van der Waals surface area contributed by atoms with Crippen molar-refractivity contribution in [1.82, 2.24) is 4.90 Å². The standard InChI is InChI=1S/C13H18FN3O.ClH/c1-9-2-3-11(6-12(9)14)16-13(18)8-17-5-4-10(15)7-17;/h2-3,6,10H,4-5,7-8,15H2,1H3,(H,16,18);1H. The summed E-state index contributed by atoms with van der Waals surface area (Å²) >= 11 is 0. The molecule has 3 N–H and O–H groups in total. The van der Waals surface area contributed by atoms with E-state index in [4.69, 9.17) is 5.73 Å². The van der Waals surface area contributed by atoms with Crippen LogP contribution in [0.15, 0.2) is 18.2 Å².